The quantitative estimate of drug-likeness (QED) is 0.524. The normalized spacial score (nSPS) is 11.1. The number of benzene rings is 2. The van der Waals surface area contributed by atoms with E-state index in [9.17, 15) is 13.2 Å². The zero-order valence-corrected chi connectivity index (χ0v) is 16.9. The lowest BCUT2D eigenvalue weighted by Crippen LogP contribution is -2.30. The van der Waals surface area contributed by atoms with Gasteiger partial charge < -0.3 is 18.2 Å². The van der Waals surface area contributed by atoms with Crippen LogP contribution in [0.5, 0.6) is 11.5 Å². The highest BCUT2D eigenvalue weighted by Crippen LogP contribution is 2.30. The first-order chi connectivity index (χ1) is 13.9. The number of rotatable bonds is 8. The summed E-state index contributed by atoms with van der Waals surface area (Å²) in [6.45, 7) is 0.480. The third kappa shape index (κ3) is 5.61. The van der Waals surface area contributed by atoms with Gasteiger partial charge in [0.05, 0.1) is 26.2 Å². The minimum atomic E-state index is -3.73. The minimum Gasteiger partial charge on any atom is -0.493 e. The molecule has 3 rings (SSSR count). The van der Waals surface area contributed by atoms with Gasteiger partial charge >= 0.3 is 10.1 Å². The molecule has 0 atom stereocenters. The number of ether oxygens (including phenoxy) is 1. The van der Waals surface area contributed by atoms with Gasteiger partial charge in [-0.05, 0) is 42.0 Å². The Morgan fingerprint density at radius 3 is 2.38 bits per heavy atom. The van der Waals surface area contributed by atoms with Crippen LogP contribution in [-0.2, 0) is 23.2 Å². The second-order valence-electron chi connectivity index (χ2n) is 6.38. The molecule has 1 amide bonds. The van der Waals surface area contributed by atoms with Gasteiger partial charge in [-0.2, -0.15) is 8.42 Å². The number of hydrogen-bond acceptors (Lipinski definition) is 6. The Labute approximate surface area is 169 Å². The molecule has 7 nitrogen and oxygen atoms in total. The molecule has 2 aromatic carbocycles. The summed E-state index contributed by atoms with van der Waals surface area (Å²) in [4.78, 5) is 14.7. The number of methoxy groups -OCH3 is 1. The molecule has 0 unspecified atom stereocenters. The lowest BCUT2D eigenvalue weighted by molar-refractivity contribution is 0.0717. The van der Waals surface area contributed by atoms with Crippen molar-refractivity contribution in [3.8, 4) is 11.5 Å². The van der Waals surface area contributed by atoms with Crippen molar-refractivity contribution in [1.82, 2.24) is 4.90 Å². The van der Waals surface area contributed by atoms with Crippen molar-refractivity contribution in [1.29, 1.82) is 0 Å². The molecule has 0 radical (unpaired) electrons. The average molecular weight is 415 g/mol. The molecule has 152 valence electrons. The van der Waals surface area contributed by atoms with Gasteiger partial charge in [-0.25, -0.2) is 0 Å². The van der Waals surface area contributed by atoms with E-state index < -0.39 is 10.1 Å². The molecule has 0 aliphatic carbocycles. The first-order valence-corrected chi connectivity index (χ1v) is 10.6. The first-order valence-electron chi connectivity index (χ1n) is 8.79. The van der Waals surface area contributed by atoms with Gasteiger partial charge in [0.2, 0.25) is 0 Å². The first kappa shape index (κ1) is 20.5. The molecule has 0 aliphatic heterocycles. The van der Waals surface area contributed by atoms with Gasteiger partial charge in [-0.1, -0.05) is 24.3 Å². The van der Waals surface area contributed by atoms with Gasteiger partial charge in [0.15, 0.2) is 11.5 Å². The Morgan fingerprint density at radius 2 is 1.76 bits per heavy atom. The number of amides is 1. The van der Waals surface area contributed by atoms with E-state index in [0.29, 0.717) is 16.9 Å². The Bertz CT molecular complexity index is 1060. The summed E-state index contributed by atoms with van der Waals surface area (Å²) in [6.07, 6.45) is 2.51. The smallest absolute Gasteiger partial charge is 0.306 e. The predicted molar refractivity (Wildman–Crippen MR) is 107 cm³/mol. The van der Waals surface area contributed by atoms with Crippen LogP contribution in [0.3, 0.4) is 0 Å². The molecule has 1 heterocycles. The molecule has 3 aromatic rings. The van der Waals surface area contributed by atoms with Crippen LogP contribution in [0.25, 0.3) is 0 Å². The summed E-state index contributed by atoms with van der Waals surface area (Å²) in [5.74, 6) is 0.808. The summed E-state index contributed by atoms with van der Waals surface area (Å²) in [6, 6.07) is 17.4. The van der Waals surface area contributed by atoms with Crippen molar-refractivity contribution in [2.75, 3.05) is 13.4 Å². The molecule has 0 saturated carbocycles. The molecular weight excluding hydrogens is 394 g/mol. The molecule has 0 bridgehead atoms. The summed E-state index contributed by atoms with van der Waals surface area (Å²) < 4.78 is 38.7. The predicted octanol–water partition coefficient (Wildman–Crippen LogP) is 3.47. The number of hydrogen-bond donors (Lipinski definition) is 0. The maximum absolute atomic E-state index is 13.0. The van der Waals surface area contributed by atoms with Crippen LogP contribution in [0, 0.1) is 0 Å². The molecule has 0 saturated heterocycles. The highest BCUT2D eigenvalue weighted by atomic mass is 32.2. The van der Waals surface area contributed by atoms with E-state index in [2.05, 4.69) is 0 Å². The molecule has 29 heavy (non-hydrogen) atoms. The van der Waals surface area contributed by atoms with E-state index >= 15 is 0 Å². The lowest BCUT2D eigenvalue weighted by atomic mass is 10.1. The van der Waals surface area contributed by atoms with E-state index in [-0.39, 0.29) is 30.5 Å². The SMILES string of the molecule is COc1ccc(CN(Cc2ccco2)C(=O)c2ccccc2)cc1OS(C)(=O)=O. The van der Waals surface area contributed by atoms with Crippen LogP contribution in [0.2, 0.25) is 0 Å². The summed E-state index contributed by atoms with van der Waals surface area (Å²) in [5.41, 5.74) is 1.22. The van der Waals surface area contributed by atoms with Gasteiger partial charge in [0, 0.05) is 12.1 Å². The van der Waals surface area contributed by atoms with Crippen molar-refractivity contribution < 1.29 is 26.5 Å². The Morgan fingerprint density at radius 1 is 1.00 bits per heavy atom. The van der Waals surface area contributed by atoms with Crippen LogP contribution in [-0.4, -0.2) is 32.6 Å². The Kier molecular flexibility index (Phi) is 6.23. The number of carbonyl (C=O) groups excluding carboxylic acids is 1. The van der Waals surface area contributed by atoms with E-state index in [1.165, 1.54) is 7.11 Å². The highest BCUT2D eigenvalue weighted by Gasteiger charge is 2.19. The molecular formula is C21H21NO6S. The van der Waals surface area contributed by atoms with Crippen molar-refractivity contribution in [3.05, 3.63) is 83.8 Å². The number of carbonyl (C=O) groups is 1. The second kappa shape index (κ2) is 8.83. The monoisotopic (exact) mass is 415 g/mol. The van der Waals surface area contributed by atoms with Crippen molar-refractivity contribution in [3.63, 3.8) is 0 Å². The molecule has 0 aliphatic rings. The maximum Gasteiger partial charge on any atom is 0.306 e. The third-order valence-electron chi connectivity index (χ3n) is 4.08. The van der Waals surface area contributed by atoms with Crippen LogP contribution < -0.4 is 8.92 Å². The minimum absolute atomic E-state index is 0.0672. The highest BCUT2D eigenvalue weighted by molar-refractivity contribution is 7.86. The van der Waals surface area contributed by atoms with Gasteiger partial charge in [-0.3, -0.25) is 4.79 Å². The largest absolute Gasteiger partial charge is 0.493 e. The third-order valence-corrected chi connectivity index (χ3v) is 4.56. The number of nitrogens with zero attached hydrogens (tertiary/aromatic N) is 1. The molecule has 8 heteroatoms. The topological polar surface area (TPSA) is 86.0 Å². The lowest BCUT2D eigenvalue weighted by Gasteiger charge is -2.22. The van der Waals surface area contributed by atoms with Crippen molar-refractivity contribution in [2.45, 2.75) is 13.1 Å². The van der Waals surface area contributed by atoms with Crippen LogP contribution in [0.1, 0.15) is 21.7 Å². The zero-order chi connectivity index (χ0) is 20.9. The molecule has 0 N–H and O–H groups in total. The fraction of sp³-hybridized carbons (Fsp3) is 0.190. The van der Waals surface area contributed by atoms with E-state index in [0.717, 1.165) is 6.26 Å². The van der Waals surface area contributed by atoms with Crippen molar-refractivity contribution >= 4 is 16.0 Å². The Balaban J connectivity index is 1.91. The van der Waals surface area contributed by atoms with Crippen LogP contribution in [0.4, 0.5) is 0 Å². The fourth-order valence-electron chi connectivity index (χ4n) is 2.82. The molecule has 1 aromatic heterocycles. The van der Waals surface area contributed by atoms with Gasteiger partial charge in [-0.15, -0.1) is 0 Å². The number of furan rings is 1. The molecule has 0 spiro atoms. The summed E-state index contributed by atoms with van der Waals surface area (Å²) in [5, 5.41) is 0. The van der Waals surface area contributed by atoms with Gasteiger partial charge in [0.25, 0.3) is 5.91 Å². The van der Waals surface area contributed by atoms with E-state index in [1.807, 2.05) is 6.07 Å². The summed E-state index contributed by atoms with van der Waals surface area (Å²) in [7, 11) is -2.31. The van der Waals surface area contributed by atoms with Crippen LogP contribution in [0.15, 0.2) is 71.3 Å². The summed E-state index contributed by atoms with van der Waals surface area (Å²) >= 11 is 0. The Hall–Kier alpha value is -3.26. The van der Waals surface area contributed by atoms with Crippen LogP contribution >= 0.6 is 0 Å². The van der Waals surface area contributed by atoms with Gasteiger partial charge in [0.1, 0.15) is 5.76 Å². The standard InChI is InChI=1S/C21H21NO6S/c1-26-19-11-10-16(13-20(19)28-29(2,24)25)14-22(15-18-9-6-12-27-18)21(23)17-7-4-3-5-8-17/h3-13H,14-15H2,1-2H3. The zero-order valence-electron chi connectivity index (χ0n) is 16.1. The van der Waals surface area contributed by atoms with E-state index in [1.54, 1.807) is 65.8 Å². The molecule has 0 fully saturated rings. The van der Waals surface area contributed by atoms with E-state index in [4.69, 9.17) is 13.3 Å². The average Bonchev–Trinajstić information content (AvgIpc) is 3.20. The maximum atomic E-state index is 13.0. The van der Waals surface area contributed by atoms with Crippen molar-refractivity contribution in [2.24, 2.45) is 0 Å². The fourth-order valence-corrected chi connectivity index (χ4v) is 3.28. The second-order valence-corrected chi connectivity index (χ2v) is 7.95.